The monoisotopic (exact) mass is 468 g/mol. The third-order valence-corrected chi connectivity index (χ3v) is 5.10. The molecule has 0 aliphatic carbocycles. The van der Waals surface area contributed by atoms with Gasteiger partial charge in [-0.05, 0) is 42.0 Å². The van der Waals surface area contributed by atoms with Crippen LogP contribution in [0.5, 0.6) is 5.75 Å². The first-order valence-electron chi connectivity index (χ1n) is 9.75. The van der Waals surface area contributed by atoms with E-state index in [1.54, 1.807) is 48.9 Å². The largest absolute Gasteiger partial charge is 0.485 e. The maximum absolute atomic E-state index is 12.9. The standard InChI is InChI=1S/C22H18Cl2N6O2/c1-2-18-27-21(29-30(18)19-15(23)5-3-6-16(19)24)22(31)28-20-17(7-4-10-26-20)32-13-14-8-11-25-12-9-14/h3-12H,2,13H2,1H3,(H,26,28,31). The number of ether oxygens (including phenoxy) is 1. The summed E-state index contributed by atoms with van der Waals surface area (Å²) in [7, 11) is 0. The summed E-state index contributed by atoms with van der Waals surface area (Å²) in [6.07, 6.45) is 5.44. The molecule has 0 fully saturated rings. The number of aromatic nitrogens is 5. The molecule has 0 unspecified atom stereocenters. The van der Waals surface area contributed by atoms with Gasteiger partial charge in [0.2, 0.25) is 5.82 Å². The molecule has 0 aliphatic rings. The maximum Gasteiger partial charge on any atom is 0.296 e. The summed E-state index contributed by atoms with van der Waals surface area (Å²) >= 11 is 12.6. The second-order valence-electron chi connectivity index (χ2n) is 6.64. The molecule has 4 rings (SSSR count). The number of amides is 1. The number of rotatable bonds is 7. The van der Waals surface area contributed by atoms with E-state index in [1.165, 1.54) is 4.68 Å². The van der Waals surface area contributed by atoms with Crippen LogP contribution in [-0.4, -0.2) is 30.6 Å². The Morgan fingerprint density at radius 3 is 2.53 bits per heavy atom. The van der Waals surface area contributed by atoms with Gasteiger partial charge in [0.25, 0.3) is 5.91 Å². The molecule has 1 aromatic carbocycles. The zero-order valence-electron chi connectivity index (χ0n) is 17.0. The molecule has 0 atom stereocenters. The van der Waals surface area contributed by atoms with Crippen LogP contribution >= 0.6 is 23.2 Å². The summed E-state index contributed by atoms with van der Waals surface area (Å²) in [6, 6.07) is 12.3. The molecule has 0 bridgehead atoms. The van der Waals surface area contributed by atoms with Gasteiger partial charge in [0.1, 0.15) is 18.1 Å². The molecule has 1 N–H and O–H groups in total. The Kier molecular flexibility index (Phi) is 6.63. The lowest BCUT2D eigenvalue weighted by molar-refractivity contribution is 0.101. The van der Waals surface area contributed by atoms with E-state index in [1.807, 2.05) is 19.1 Å². The lowest BCUT2D eigenvalue weighted by atomic mass is 10.3. The Balaban J connectivity index is 1.57. The average molecular weight is 469 g/mol. The van der Waals surface area contributed by atoms with Gasteiger partial charge < -0.3 is 10.1 Å². The summed E-state index contributed by atoms with van der Waals surface area (Å²) < 4.78 is 7.31. The molecule has 4 aromatic rings. The second-order valence-corrected chi connectivity index (χ2v) is 7.45. The maximum atomic E-state index is 12.9. The van der Waals surface area contributed by atoms with E-state index < -0.39 is 5.91 Å². The first-order chi connectivity index (χ1) is 15.6. The third kappa shape index (κ3) is 4.71. The van der Waals surface area contributed by atoms with Gasteiger partial charge in [-0.25, -0.2) is 14.6 Å². The molecule has 3 aromatic heterocycles. The number of benzene rings is 1. The summed E-state index contributed by atoms with van der Waals surface area (Å²) in [5, 5.41) is 7.86. The molecule has 32 heavy (non-hydrogen) atoms. The normalized spacial score (nSPS) is 10.7. The number of para-hydroxylation sites is 1. The van der Waals surface area contributed by atoms with Crippen molar-refractivity contribution in [1.82, 2.24) is 24.7 Å². The van der Waals surface area contributed by atoms with Gasteiger partial charge in [-0.3, -0.25) is 9.78 Å². The van der Waals surface area contributed by atoms with Crippen molar-refractivity contribution in [2.24, 2.45) is 0 Å². The summed E-state index contributed by atoms with van der Waals surface area (Å²) in [4.78, 5) is 25.5. The van der Waals surface area contributed by atoms with Crippen molar-refractivity contribution in [2.45, 2.75) is 20.0 Å². The van der Waals surface area contributed by atoms with Gasteiger partial charge in [0.05, 0.1) is 10.0 Å². The van der Waals surface area contributed by atoms with E-state index in [0.717, 1.165) is 5.56 Å². The van der Waals surface area contributed by atoms with E-state index in [0.29, 0.717) is 40.3 Å². The molecule has 10 heteroatoms. The van der Waals surface area contributed by atoms with Gasteiger partial charge in [0, 0.05) is 25.0 Å². The first-order valence-corrected chi connectivity index (χ1v) is 10.5. The predicted molar refractivity (Wildman–Crippen MR) is 122 cm³/mol. The van der Waals surface area contributed by atoms with Crippen molar-refractivity contribution >= 4 is 34.9 Å². The SMILES string of the molecule is CCc1nc(C(=O)Nc2ncccc2OCc2ccncc2)nn1-c1c(Cl)cccc1Cl. The zero-order valence-corrected chi connectivity index (χ0v) is 18.5. The summed E-state index contributed by atoms with van der Waals surface area (Å²) in [6.45, 7) is 2.20. The lowest BCUT2D eigenvalue weighted by Crippen LogP contribution is -2.16. The number of halogens is 2. The fourth-order valence-corrected chi connectivity index (χ4v) is 3.50. The van der Waals surface area contributed by atoms with Crippen molar-refractivity contribution in [3.05, 3.63) is 88.3 Å². The molecular weight excluding hydrogens is 451 g/mol. The molecular formula is C22H18Cl2N6O2. The topological polar surface area (TPSA) is 94.8 Å². The minimum Gasteiger partial charge on any atom is -0.485 e. The number of carbonyl (C=O) groups excluding carboxylic acids is 1. The van der Waals surface area contributed by atoms with Gasteiger partial charge in [-0.1, -0.05) is 36.2 Å². The Morgan fingerprint density at radius 2 is 1.81 bits per heavy atom. The predicted octanol–water partition coefficient (Wildman–Crippen LogP) is 4.76. The Hall–Kier alpha value is -3.49. The van der Waals surface area contributed by atoms with Crippen molar-refractivity contribution < 1.29 is 9.53 Å². The Bertz CT molecular complexity index is 1230. The highest BCUT2D eigenvalue weighted by atomic mass is 35.5. The fraction of sp³-hybridized carbons (Fsp3) is 0.136. The van der Waals surface area contributed by atoms with Crippen LogP contribution < -0.4 is 10.1 Å². The first kappa shape index (κ1) is 21.7. The number of hydrogen-bond acceptors (Lipinski definition) is 6. The number of nitrogens with zero attached hydrogens (tertiary/aromatic N) is 5. The van der Waals surface area contributed by atoms with E-state index in [4.69, 9.17) is 27.9 Å². The van der Waals surface area contributed by atoms with E-state index in [9.17, 15) is 4.79 Å². The van der Waals surface area contributed by atoms with E-state index in [2.05, 4.69) is 25.4 Å². The van der Waals surface area contributed by atoms with Crippen LogP contribution in [0.1, 0.15) is 28.9 Å². The van der Waals surface area contributed by atoms with Crippen LogP contribution in [0, 0.1) is 0 Å². The molecule has 0 aliphatic heterocycles. The number of carbonyl (C=O) groups is 1. The second kappa shape index (κ2) is 9.76. The van der Waals surface area contributed by atoms with Crippen molar-refractivity contribution in [3.8, 4) is 11.4 Å². The van der Waals surface area contributed by atoms with Crippen LogP contribution in [0.2, 0.25) is 10.0 Å². The van der Waals surface area contributed by atoms with Crippen LogP contribution in [0.25, 0.3) is 5.69 Å². The zero-order chi connectivity index (χ0) is 22.5. The Morgan fingerprint density at radius 1 is 1.06 bits per heavy atom. The Labute approximate surface area is 194 Å². The van der Waals surface area contributed by atoms with Crippen molar-refractivity contribution in [2.75, 3.05) is 5.32 Å². The van der Waals surface area contributed by atoms with Crippen LogP contribution in [0.15, 0.2) is 61.1 Å². The minimum absolute atomic E-state index is 0.0384. The summed E-state index contributed by atoms with van der Waals surface area (Å²) in [5.41, 5.74) is 1.41. The summed E-state index contributed by atoms with van der Waals surface area (Å²) in [5.74, 6) is 0.650. The molecule has 162 valence electrons. The van der Waals surface area contributed by atoms with Gasteiger partial charge in [-0.2, -0.15) is 0 Å². The number of hydrogen-bond donors (Lipinski definition) is 1. The van der Waals surface area contributed by atoms with Crippen molar-refractivity contribution in [3.63, 3.8) is 0 Å². The highest BCUT2D eigenvalue weighted by Gasteiger charge is 2.21. The molecule has 3 heterocycles. The van der Waals surface area contributed by atoms with E-state index >= 15 is 0 Å². The number of anilines is 1. The van der Waals surface area contributed by atoms with Crippen molar-refractivity contribution in [1.29, 1.82) is 0 Å². The smallest absolute Gasteiger partial charge is 0.296 e. The molecule has 8 nitrogen and oxygen atoms in total. The lowest BCUT2D eigenvalue weighted by Gasteiger charge is -2.10. The highest BCUT2D eigenvalue weighted by Crippen LogP contribution is 2.29. The van der Waals surface area contributed by atoms with E-state index in [-0.39, 0.29) is 11.6 Å². The van der Waals surface area contributed by atoms with Crippen LogP contribution in [-0.2, 0) is 13.0 Å². The molecule has 0 radical (unpaired) electrons. The van der Waals surface area contributed by atoms with Gasteiger partial charge in [-0.15, -0.1) is 5.10 Å². The molecule has 0 saturated heterocycles. The van der Waals surface area contributed by atoms with Gasteiger partial charge >= 0.3 is 0 Å². The number of aryl methyl sites for hydroxylation is 1. The number of nitrogens with one attached hydrogen (secondary N) is 1. The highest BCUT2D eigenvalue weighted by molar-refractivity contribution is 6.37. The molecule has 0 spiro atoms. The van der Waals surface area contributed by atoms with Crippen LogP contribution in [0.3, 0.4) is 0 Å². The quantitative estimate of drug-likeness (QED) is 0.420. The average Bonchev–Trinajstić information content (AvgIpc) is 3.23. The number of pyridine rings is 2. The van der Waals surface area contributed by atoms with Crippen LogP contribution in [0.4, 0.5) is 5.82 Å². The minimum atomic E-state index is -0.533. The molecule has 1 amide bonds. The third-order valence-electron chi connectivity index (χ3n) is 4.49. The molecule has 0 saturated carbocycles. The van der Waals surface area contributed by atoms with Gasteiger partial charge in [0.15, 0.2) is 11.6 Å². The fourth-order valence-electron chi connectivity index (χ4n) is 2.94.